The number of ether oxygens (including phenoxy) is 1. The summed E-state index contributed by atoms with van der Waals surface area (Å²) in [7, 11) is -1.11. The second-order valence-corrected chi connectivity index (χ2v) is 16.0. The van der Waals surface area contributed by atoms with Crippen LogP contribution in [0.3, 0.4) is 0 Å². The predicted octanol–water partition coefficient (Wildman–Crippen LogP) is 4.82. The molecule has 0 unspecified atom stereocenters. The highest BCUT2D eigenvalue weighted by molar-refractivity contribution is 6.76. The van der Waals surface area contributed by atoms with Crippen molar-refractivity contribution < 1.29 is 14.3 Å². The van der Waals surface area contributed by atoms with E-state index in [4.69, 9.17) is 4.74 Å². The molecule has 0 spiro atoms. The van der Waals surface area contributed by atoms with E-state index in [0.29, 0.717) is 30.2 Å². The van der Waals surface area contributed by atoms with Gasteiger partial charge in [-0.2, -0.15) is 0 Å². The third kappa shape index (κ3) is 3.99. The molecule has 7 heteroatoms. The topological polar surface area (TPSA) is 64.4 Å². The summed E-state index contributed by atoms with van der Waals surface area (Å²) in [6.45, 7) is 8.29. The van der Waals surface area contributed by atoms with Gasteiger partial charge in [-0.3, -0.25) is 14.5 Å². The highest BCUT2D eigenvalue weighted by Crippen LogP contribution is 2.48. The molecule has 1 saturated carbocycles. The van der Waals surface area contributed by atoms with Gasteiger partial charge >= 0.3 is 0 Å². The van der Waals surface area contributed by atoms with Crippen LogP contribution in [0.15, 0.2) is 47.8 Å². The number of nitrogens with zero attached hydrogens (tertiary/aromatic N) is 3. The molecule has 168 valence electrons. The van der Waals surface area contributed by atoms with Crippen LogP contribution < -0.4 is 0 Å². The van der Waals surface area contributed by atoms with Crippen molar-refractivity contribution in [3.63, 3.8) is 0 Å². The molecule has 6 nitrogen and oxygen atoms in total. The Bertz CT molecular complexity index is 1140. The summed E-state index contributed by atoms with van der Waals surface area (Å²) in [5.74, 6) is 0.0876. The van der Waals surface area contributed by atoms with Crippen LogP contribution in [-0.2, 0) is 21.1 Å². The summed E-state index contributed by atoms with van der Waals surface area (Å²) in [5, 5.41) is 0. The minimum absolute atomic E-state index is 0.104. The fourth-order valence-electron chi connectivity index (χ4n) is 4.66. The van der Waals surface area contributed by atoms with Crippen molar-refractivity contribution in [1.29, 1.82) is 0 Å². The van der Waals surface area contributed by atoms with Gasteiger partial charge in [0, 0.05) is 25.8 Å². The maximum Gasteiger partial charge on any atom is 0.261 e. The van der Waals surface area contributed by atoms with Gasteiger partial charge in [0.15, 0.2) is 0 Å². The van der Waals surface area contributed by atoms with Crippen LogP contribution in [-0.4, -0.2) is 40.9 Å². The second kappa shape index (κ2) is 8.12. The number of hydrogen-bond acceptors (Lipinski definition) is 4. The molecule has 0 radical (unpaired) electrons. The third-order valence-electron chi connectivity index (χ3n) is 6.66. The van der Waals surface area contributed by atoms with E-state index in [1.54, 1.807) is 0 Å². The largest absolute Gasteiger partial charge is 0.361 e. The first-order chi connectivity index (χ1) is 15.3. The Kier molecular flexibility index (Phi) is 5.41. The van der Waals surface area contributed by atoms with Gasteiger partial charge in [0.2, 0.25) is 0 Å². The molecule has 1 atom stereocenters. The van der Waals surface area contributed by atoms with Crippen molar-refractivity contribution in [2.24, 2.45) is 5.92 Å². The number of benzene rings is 1. The SMILES string of the molecule is C[Si](C)(C)CCOCn1cnc2cc([C@@H](C3CC3)N3C(=O)C4=C(CCC=C4)C3=O)ccc21. The smallest absolute Gasteiger partial charge is 0.261 e. The lowest BCUT2D eigenvalue weighted by Gasteiger charge is -2.27. The van der Waals surface area contributed by atoms with Crippen molar-refractivity contribution in [2.45, 2.75) is 64.1 Å². The van der Waals surface area contributed by atoms with Crippen LogP contribution in [0.25, 0.3) is 11.0 Å². The zero-order chi connectivity index (χ0) is 22.5. The molecule has 0 N–H and O–H groups in total. The maximum atomic E-state index is 13.2. The number of rotatable bonds is 8. The second-order valence-electron chi connectivity index (χ2n) is 10.4. The molecule has 3 aliphatic rings. The lowest BCUT2D eigenvalue weighted by molar-refractivity contribution is -0.141. The van der Waals surface area contributed by atoms with Crippen LogP contribution >= 0.6 is 0 Å². The number of imide groups is 1. The Morgan fingerprint density at radius 3 is 2.72 bits per heavy atom. The molecule has 2 aromatic rings. The zero-order valence-electron chi connectivity index (χ0n) is 19.1. The van der Waals surface area contributed by atoms with E-state index in [2.05, 4.69) is 30.7 Å². The maximum absolute atomic E-state index is 13.2. The number of aromatic nitrogens is 2. The van der Waals surface area contributed by atoms with E-state index in [0.717, 1.165) is 48.5 Å². The Labute approximate surface area is 190 Å². The minimum Gasteiger partial charge on any atom is -0.361 e. The average molecular weight is 450 g/mol. The van der Waals surface area contributed by atoms with Gasteiger partial charge < -0.3 is 9.30 Å². The van der Waals surface area contributed by atoms with Crippen LogP contribution in [0.4, 0.5) is 0 Å². The summed E-state index contributed by atoms with van der Waals surface area (Å²) in [6.07, 6.45) is 9.19. The summed E-state index contributed by atoms with van der Waals surface area (Å²) < 4.78 is 7.92. The van der Waals surface area contributed by atoms with Crippen molar-refractivity contribution in [1.82, 2.24) is 14.5 Å². The first-order valence-electron chi connectivity index (χ1n) is 11.6. The summed E-state index contributed by atoms with van der Waals surface area (Å²) in [4.78, 5) is 32.4. The first-order valence-corrected chi connectivity index (χ1v) is 15.3. The Morgan fingerprint density at radius 2 is 2.00 bits per heavy atom. The fourth-order valence-corrected chi connectivity index (χ4v) is 5.42. The zero-order valence-corrected chi connectivity index (χ0v) is 20.1. The number of hydrogen-bond donors (Lipinski definition) is 0. The molecule has 32 heavy (non-hydrogen) atoms. The van der Waals surface area contributed by atoms with E-state index >= 15 is 0 Å². The van der Waals surface area contributed by atoms with Gasteiger partial charge in [-0.1, -0.05) is 37.9 Å². The predicted molar refractivity (Wildman–Crippen MR) is 127 cm³/mol. The molecule has 1 aromatic heterocycles. The fraction of sp³-hybridized carbons (Fsp3) is 0.480. The van der Waals surface area contributed by atoms with Gasteiger partial charge in [0.25, 0.3) is 11.8 Å². The monoisotopic (exact) mass is 449 g/mol. The van der Waals surface area contributed by atoms with Crippen molar-refractivity contribution in [2.75, 3.05) is 6.61 Å². The number of fused-ring (bicyclic) bond motifs is 1. The Balaban J connectivity index is 1.37. The van der Waals surface area contributed by atoms with Gasteiger partial charge in [-0.15, -0.1) is 0 Å². The molecule has 1 aromatic carbocycles. The molecule has 1 aliphatic heterocycles. The van der Waals surface area contributed by atoms with E-state index < -0.39 is 8.07 Å². The van der Waals surface area contributed by atoms with Crippen molar-refractivity contribution in [3.05, 3.63) is 53.4 Å². The van der Waals surface area contributed by atoms with Crippen LogP contribution in [0.1, 0.15) is 37.3 Å². The minimum atomic E-state index is -1.11. The van der Waals surface area contributed by atoms with E-state index in [-0.39, 0.29) is 17.9 Å². The molecule has 2 aliphatic carbocycles. The number of carbonyl (C=O) groups excluding carboxylic acids is 2. The summed E-state index contributed by atoms with van der Waals surface area (Å²) in [5.41, 5.74) is 4.15. The van der Waals surface area contributed by atoms with Crippen LogP contribution in [0, 0.1) is 5.92 Å². The normalized spacial score (nSPS) is 19.9. The van der Waals surface area contributed by atoms with Gasteiger partial charge in [0.05, 0.1) is 23.4 Å². The molecule has 0 saturated heterocycles. The summed E-state index contributed by atoms with van der Waals surface area (Å²) in [6, 6.07) is 7.08. The third-order valence-corrected chi connectivity index (χ3v) is 8.36. The van der Waals surface area contributed by atoms with E-state index in [9.17, 15) is 9.59 Å². The van der Waals surface area contributed by atoms with Crippen LogP contribution in [0.5, 0.6) is 0 Å². The van der Waals surface area contributed by atoms with Gasteiger partial charge in [-0.05, 0) is 55.3 Å². The lowest BCUT2D eigenvalue weighted by atomic mass is 9.99. The molecule has 0 bridgehead atoms. The van der Waals surface area contributed by atoms with Crippen molar-refractivity contribution in [3.8, 4) is 0 Å². The number of imidazole rings is 1. The molecular formula is C25H31N3O3Si. The average Bonchev–Trinajstić information content (AvgIpc) is 3.47. The highest BCUT2D eigenvalue weighted by atomic mass is 28.3. The Hall–Kier alpha value is -2.51. The highest BCUT2D eigenvalue weighted by Gasteiger charge is 2.47. The molecule has 5 rings (SSSR count). The summed E-state index contributed by atoms with van der Waals surface area (Å²) >= 11 is 0. The Morgan fingerprint density at radius 1 is 1.19 bits per heavy atom. The van der Waals surface area contributed by atoms with E-state index in [1.165, 1.54) is 4.90 Å². The molecular weight excluding hydrogens is 418 g/mol. The molecule has 1 fully saturated rings. The van der Waals surface area contributed by atoms with E-state index in [1.807, 2.05) is 35.2 Å². The first kappa shape index (κ1) is 21.3. The molecule has 2 amide bonds. The molecule has 2 heterocycles. The lowest BCUT2D eigenvalue weighted by Crippen LogP contribution is -2.36. The van der Waals surface area contributed by atoms with Crippen LogP contribution in [0.2, 0.25) is 25.7 Å². The van der Waals surface area contributed by atoms with Gasteiger partial charge in [0.1, 0.15) is 6.73 Å². The quantitative estimate of drug-likeness (QED) is 0.329. The van der Waals surface area contributed by atoms with Gasteiger partial charge in [-0.25, -0.2) is 4.98 Å². The number of allylic oxidation sites excluding steroid dienone is 1. The number of amides is 2. The number of carbonyl (C=O) groups is 2. The standard InChI is InChI=1S/C25H31N3O3Si/c1-32(2,3)13-12-31-16-27-15-26-21-14-18(10-11-22(21)27)23(17-8-9-17)28-24(29)19-6-4-5-7-20(19)25(28)30/h4,6,10-11,14-15,17,23H,5,7-9,12-13,16H2,1-3H3/t23-/m1/s1. The van der Waals surface area contributed by atoms with Crippen molar-refractivity contribution >= 4 is 30.9 Å².